The van der Waals surface area contributed by atoms with Crippen LogP contribution in [-0.2, 0) is 9.53 Å². The van der Waals surface area contributed by atoms with E-state index in [1.54, 1.807) is 0 Å². The molecule has 0 saturated heterocycles. The van der Waals surface area contributed by atoms with E-state index in [1.165, 1.54) is 52.4 Å². The molecule has 3 heteroatoms. The first-order valence-corrected chi connectivity index (χ1v) is 7.09. The summed E-state index contributed by atoms with van der Waals surface area (Å²) in [6.45, 7) is 5.33. The zero-order chi connectivity index (χ0) is 13.8. The molecule has 18 heavy (non-hydrogen) atoms. The van der Waals surface area contributed by atoms with Gasteiger partial charge in [0.15, 0.2) is 0 Å². The third-order valence-corrected chi connectivity index (χ3v) is 3.05. The summed E-state index contributed by atoms with van der Waals surface area (Å²) in [5.74, 6) is -0.992. The SMILES string of the molecule is CCCCCCCCCCOC(=O)C(C)=C(C)F. The molecule has 0 aliphatic rings. The Hall–Kier alpha value is -0.860. The fourth-order valence-electron chi connectivity index (χ4n) is 1.65. The predicted molar refractivity (Wildman–Crippen MR) is 73.1 cm³/mol. The first kappa shape index (κ1) is 17.1. The van der Waals surface area contributed by atoms with Gasteiger partial charge in [0, 0.05) is 0 Å². The highest BCUT2D eigenvalue weighted by Gasteiger charge is 2.08. The molecule has 0 fully saturated rings. The maximum atomic E-state index is 12.7. The summed E-state index contributed by atoms with van der Waals surface area (Å²) in [6, 6.07) is 0. The number of halogens is 1. The molecule has 0 radical (unpaired) electrons. The molecule has 0 N–H and O–H groups in total. The van der Waals surface area contributed by atoms with Crippen molar-refractivity contribution in [2.75, 3.05) is 6.61 Å². The van der Waals surface area contributed by atoms with Gasteiger partial charge >= 0.3 is 5.97 Å². The van der Waals surface area contributed by atoms with Crippen LogP contribution in [0, 0.1) is 0 Å². The molecule has 0 rings (SSSR count). The largest absolute Gasteiger partial charge is 0.462 e. The molecule has 0 heterocycles. The number of esters is 1. The minimum Gasteiger partial charge on any atom is -0.462 e. The van der Waals surface area contributed by atoms with E-state index in [2.05, 4.69) is 6.92 Å². The Morgan fingerprint density at radius 1 is 0.944 bits per heavy atom. The fourth-order valence-corrected chi connectivity index (χ4v) is 1.65. The first-order valence-electron chi connectivity index (χ1n) is 7.09. The standard InChI is InChI=1S/C15H27FO2/c1-4-5-6-7-8-9-10-11-12-18-15(17)13(2)14(3)16/h4-12H2,1-3H3. The van der Waals surface area contributed by atoms with E-state index < -0.39 is 11.8 Å². The number of hydrogen-bond donors (Lipinski definition) is 0. The molecular formula is C15H27FO2. The molecule has 2 nitrogen and oxygen atoms in total. The van der Waals surface area contributed by atoms with E-state index in [4.69, 9.17) is 4.74 Å². The Labute approximate surface area is 111 Å². The monoisotopic (exact) mass is 258 g/mol. The number of ether oxygens (including phenoxy) is 1. The number of carbonyl (C=O) groups is 1. The van der Waals surface area contributed by atoms with Gasteiger partial charge in [0.05, 0.1) is 12.2 Å². The highest BCUT2D eigenvalue weighted by molar-refractivity contribution is 5.88. The molecule has 0 spiro atoms. The normalized spacial score (nSPS) is 12.2. The van der Waals surface area contributed by atoms with Gasteiger partial charge in [0.25, 0.3) is 0 Å². The van der Waals surface area contributed by atoms with E-state index >= 15 is 0 Å². The summed E-state index contributed by atoms with van der Waals surface area (Å²) in [5.41, 5.74) is 0.0783. The lowest BCUT2D eigenvalue weighted by Crippen LogP contribution is -2.07. The van der Waals surface area contributed by atoms with Crippen molar-refractivity contribution >= 4 is 5.97 Å². The maximum Gasteiger partial charge on any atom is 0.336 e. The average Bonchev–Trinajstić information content (AvgIpc) is 2.35. The molecule has 0 atom stereocenters. The molecule has 0 saturated carbocycles. The zero-order valence-electron chi connectivity index (χ0n) is 12.1. The maximum absolute atomic E-state index is 12.7. The molecule has 0 aromatic carbocycles. The van der Waals surface area contributed by atoms with Crippen LogP contribution in [0.25, 0.3) is 0 Å². The number of hydrogen-bond acceptors (Lipinski definition) is 2. The molecule has 0 unspecified atom stereocenters. The lowest BCUT2D eigenvalue weighted by atomic mass is 10.1. The third-order valence-electron chi connectivity index (χ3n) is 3.05. The van der Waals surface area contributed by atoms with Gasteiger partial charge < -0.3 is 4.74 Å². The van der Waals surface area contributed by atoms with E-state index in [0.29, 0.717) is 6.61 Å². The fraction of sp³-hybridized carbons (Fsp3) is 0.800. The van der Waals surface area contributed by atoms with Crippen LogP contribution in [0.15, 0.2) is 11.4 Å². The van der Waals surface area contributed by atoms with Crippen molar-refractivity contribution in [2.24, 2.45) is 0 Å². The van der Waals surface area contributed by atoms with Gasteiger partial charge in [-0.25, -0.2) is 9.18 Å². The quantitative estimate of drug-likeness (QED) is 0.315. The van der Waals surface area contributed by atoms with Crippen molar-refractivity contribution < 1.29 is 13.9 Å². The lowest BCUT2D eigenvalue weighted by molar-refractivity contribution is -0.139. The van der Waals surface area contributed by atoms with Crippen molar-refractivity contribution in [3.8, 4) is 0 Å². The van der Waals surface area contributed by atoms with Gasteiger partial charge in [-0.1, -0.05) is 51.9 Å². The number of rotatable bonds is 10. The molecule has 0 aromatic heterocycles. The number of allylic oxidation sites excluding steroid dienone is 1. The molecule has 0 aliphatic heterocycles. The Morgan fingerprint density at radius 2 is 1.44 bits per heavy atom. The highest BCUT2D eigenvalue weighted by Crippen LogP contribution is 2.10. The molecular weight excluding hydrogens is 231 g/mol. The van der Waals surface area contributed by atoms with Gasteiger partial charge in [0.1, 0.15) is 5.83 Å². The summed E-state index contributed by atoms with van der Waals surface area (Å²) < 4.78 is 17.7. The van der Waals surface area contributed by atoms with Crippen molar-refractivity contribution in [3.63, 3.8) is 0 Å². The van der Waals surface area contributed by atoms with Crippen molar-refractivity contribution in [1.82, 2.24) is 0 Å². The van der Waals surface area contributed by atoms with Crippen molar-refractivity contribution in [1.29, 1.82) is 0 Å². The van der Waals surface area contributed by atoms with Crippen LogP contribution >= 0.6 is 0 Å². The smallest absolute Gasteiger partial charge is 0.336 e. The van der Waals surface area contributed by atoms with Gasteiger partial charge in [-0.3, -0.25) is 0 Å². The van der Waals surface area contributed by atoms with Gasteiger partial charge in [-0.2, -0.15) is 0 Å². The second-order valence-corrected chi connectivity index (χ2v) is 4.77. The first-order chi connectivity index (χ1) is 8.59. The van der Waals surface area contributed by atoms with Crippen molar-refractivity contribution in [2.45, 2.75) is 72.1 Å². The van der Waals surface area contributed by atoms with Crippen LogP contribution < -0.4 is 0 Å². The zero-order valence-corrected chi connectivity index (χ0v) is 12.1. The molecule has 0 amide bonds. The Bertz CT molecular complexity index is 255. The molecule has 0 aliphatic carbocycles. The predicted octanol–water partition coefficient (Wildman–Crippen LogP) is 4.93. The van der Waals surface area contributed by atoms with Crippen LogP contribution in [-0.4, -0.2) is 12.6 Å². The number of carbonyl (C=O) groups excluding carboxylic acids is 1. The van der Waals surface area contributed by atoms with Crippen LogP contribution in [0.2, 0.25) is 0 Å². The summed E-state index contributed by atoms with van der Waals surface area (Å²) in [4.78, 5) is 11.3. The van der Waals surface area contributed by atoms with E-state index in [-0.39, 0.29) is 5.57 Å². The Balaban J connectivity index is 3.36. The second-order valence-electron chi connectivity index (χ2n) is 4.77. The Morgan fingerprint density at radius 3 is 1.94 bits per heavy atom. The topological polar surface area (TPSA) is 26.3 Å². The highest BCUT2D eigenvalue weighted by atomic mass is 19.1. The van der Waals surface area contributed by atoms with E-state index in [1.807, 2.05) is 0 Å². The van der Waals surface area contributed by atoms with Crippen LogP contribution in [0.4, 0.5) is 4.39 Å². The lowest BCUT2D eigenvalue weighted by Gasteiger charge is -2.05. The van der Waals surface area contributed by atoms with E-state index in [0.717, 1.165) is 12.8 Å². The van der Waals surface area contributed by atoms with Gasteiger partial charge in [-0.15, -0.1) is 0 Å². The summed E-state index contributed by atoms with van der Waals surface area (Å²) in [6.07, 6.45) is 9.63. The summed E-state index contributed by atoms with van der Waals surface area (Å²) >= 11 is 0. The van der Waals surface area contributed by atoms with Gasteiger partial charge in [-0.05, 0) is 20.3 Å². The van der Waals surface area contributed by atoms with Crippen LogP contribution in [0.3, 0.4) is 0 Å². The third kappa shape index (κ3) is 9.20. The number of unbranched alkanes of at least 4 members (excludes halogenated alkanes) is 7. The second kappa shape index (κ2) is 11.2. The van der Waals surface area contributed by atoms with Crippen molar-refractivity contribution in [3.05, 3.63) is 11.4 Å². The minimum absolute atomic E-state index is 0.0783. The van der Waals surface area contributed by atoms with Crippen LogP contribution in [0.5, 0.6) is 0 Å². The van der Waals surface area contributed by atoms with E-state index in [9.17, 15) is 9.18 Å². The molecule has 0 aromatic rings. The van der Waals surface area contributed by atoms with Gasteiger partial charge in [0.2, 0.25) is 0 Å². The Kier molecular flexibility index (Phi) is 10.7. The average molecular weight is 258 g/mol. The minimum atomic E-state index is -0.530. The molecule has 0 bridgehead atoms. The summed E-state index contributed by atoms with van der Waals surface area (Å²) in [7, 11) is 0. The summed E-state index contributed by atoms with van der Waals surface area (Å²) in [5, 5.41) is 0. The molecule has 106 valence electrons. The van der Waals surface area contributed by atoms with Crippen LogP contribution in [0.1, 0.15) is 72.1 Å².